The van der Waals surface area contributed by atoms with Crippen molar-refractivity contribution in [3.8, 4) is 0 Å². The van der Waals surface area contributed by atoms with Crippen LogP contribution in [0.25, 0.3) is 0 Å². The molecule has 1 N–H and O–H groups in total. The molecule has 19 heavy (non-hydrogen) atoms. The molecule has 0 aliphatic carbocycles. The molecule has 1 aromatic rings. The number of carbonyl (C=O) groups is 1. The SMILES string of the molecule is O=C(NCCSCc1ccccc1)[C@H]1CCCCO1. The first kappa shape index (κ1) is 14.4. The molecule has 1 fully saturated rings. The predicted molar refractivity (Wildman–Crippen MR) is 79.2 cm³/mol. The number of carbonyl (C=O) groups excluding carboxylic acids is 1. The standard InChI is InChI=1S/C15H21NO2S/c17-15(14-8-4-5-10-18-14)16-9-11-19-12-13-6-2-1-3-7-13/h1-3,6-7,14H,4-5,8-12H2,(H,16,17)/t14-/m1/s1. The van der Waals surface area contributed by atoms with E-state index >= 15 is 0 Å². The first-order valence-corrected chi connectivity index (χ1v) is 8.03. The maximum atomic E-state index is 11.8. The summed E-state index contributed by atoms with van der Waals surface area (Å²) in [6.45, 7) is 1.44. The molecule has 0 radical (unpaired) electrons. The van der Waals surface area contributed by atoms with Crippen LogP contribution in [0.15, 0.2) is 30.3 Å². The van der Waals surface area contributed by atoms with E-state index in [4.69, 9.17) is 4.74 Å². The molecule has 104 valence electrons. The minimum atomic E-state index is -0.215. The largest absolute Gasteiger partial charge is 0.368 e. The van der Waals surface area contributed by atoms with E-state index in [1.807, 2.05) is 17.8 Å². The van der Waals surface area contributed by atoms with Crippen LogP contribution in [-0.4, -0.2) is 30.9 Å². The second-order valence-electron chi connectivity index (χ2n) is 4.68. The van der Waals surface area contributed by atoms with Crippen molar-refractivity contribution < 1.29 is 9.53 Å². The third-order valence-electron chi connectivity index (χ3n) is 3.13. The summed E-state index contributed by atoms with van der Waals surface area (Å²) in [5.74, 6) is 1.99. The lowest BCUT2D eigenvalue weighted by Gasteiger charge is -2.21. The van der Waals surface area contributed by atoms with Crippen LogP contribution in [0, 0.1) is 0 Å². The summed E-state index contributed by atoms with van der Waals surface area (Å²) in [7, 11) is 0. The summed E-state index contributed by atoms with van der Waals surface area (Å²) in [4.78, 5) is 11.8. The summed E-state index contributed by atoms with van der Waals surface area (Å²) in [6, 6.07) is 10.4. The Balaban J connectivity index is 1.55. The Morgan fingerprint density at radius 1 is 1.32 bits per heavy atom. The molecule has 0 spiro atoms. The fourth-order valence-corrected chi connectivity index (χ4v) is 2.89. The van der Waals surface area contributed by atoms with Crippen LogP contribution >= 0.6 is 11.8 Å². The normalized spacial score (nSPS) is 19.1. The van der Waals surface area contributed by atoms with Gasteiger partial charge in [0.25, 0.3) is 0 Å². The molecule has 0 aromatic heterocycles. The molecule has 1 aromatic carbocycles. The topological polar surface area (TPSA) is 38.3 Å². The summed E-state index contributed by atoms with van der Waals surface area (Å²) in [5, 5.41) is 2.95. The van der Waals surface area contributed by atoms with E-state index in [0.717, 1.165) is 43.9 Å². The van der Waals surface area contributed by atoms with Crippen LogP contribution in [0.5, 0.6) is 0 Å². The number of hydrogen-bond donors (Lipinski definition) is 1. The van der Waals surface area contributed by atoms with Crippen molar-refractivity contribution in [1.29, 1.82) is 0 Å². The highest BCUT2D eigenvalue weighted by molar-refractivity contribution is 7.98. The third kappa shape index (κ3) is 5.25. The van der Waals surface area contributed by atoms with Crippen LogP contribution in [0.2, 0.25) is 0 Å². The van der Waals surface area contributed by atoms with Gasteiger partial charge in [-0.15, -0.1) is 0 Å². The lowest BCUT2D eigenvalue weighted by Crippen LogP contribution is -2.39. The molecule has 0 saturated carbocycles. The van der Waals surface area contributed by atoms with Gasteiger partial charge < -0.3 is 10.1 Å². The Labute approximate surface area is 119 Å². The van der Waals surface area contributed by atoms with Crippen molar-refractivity contribution in [3.05, 3.63) is 35.9 Å². The van der Waals surface area contributed by atoms with Crippen LogP contribution in [0.1, 0.15) is 24.8 Å². The third-order valence-corrected chi connectivity index (χ3v) is 4.16. The van der Waals surface area contributed by atoms with E-state index in [2.05, 4.69) is 29.6 Å². The van der Waals surface area contributed by atoms with Crippen LogP contribution < -0.4 is 5.32 Å². The monoisotopic (exact) mass is 279 g/mol. The summed E-state index contributed by atoms with van der Waals surface area (Å²) in [5.41, 5.74) is 1.33. The number of hydrogen-bond acceptors (Lipinski definition) is 3. The fourth-order valence-electron chi connectivity index (χ4n) is 2.07. The number of amides is 1. The Morgan fingerprint density at radius 3 is 2.89 bits per heavy atom. The van der Waals surface area contributed by atoms with Gasteiger partial charge in [-0.05, 0) is 24.8 Å². The van der Waals surface area contributed by atoms with E-state index in [1.165, 1.54) is 5.56 Å². The maximum absolute atomic E-state index is 11.8. The second-order valence-corrected chi connectivity index (χ2v) is 5.79. The van der Waals surface area contributed by atoms with Crippen molar-refractivity contribution in [1.82, 2.24) is 5.32 Å². The highest BCUT2D eigenvalue weighted by Crippen LogP contribution is 2.13. The number of benzene rings is 1. The molecule has 1 amide bonds. The molecule has 3 nitrogen and oxygen atoms in total. The molecule has 1 heterocycles. The first-order chi connectivity index (χ1) is 9.36. The Kier molecular flexibility index (Phi) is 6.24. The van der Waals surface area contributed by atoms with Gasteiger partial charge in [-0.25, -0.2) is 0 Å². The Morgan fingerprint density at radius 2 is 2.16 bits per heavy atom. The predicted octanol–water partition coefficient (Wildman–Crippen LogP) is 2.61. The van der Waals surface area contributed by atoms with E-state index in [-0.39, 0.29) is 12.0 Å². The number of thioether (sulfide) groups is 1. The highest BCUT2D eigenvalue weighted by Gasteiger charge is 2.20. The number of ether oxygens (including phenoxy) is 1. The minimum Gasteiger partial charge on any atom is -0.368 e. The van der Waals surface area contributed by atoms with E-state index in [1.54, 1.807) is 0 Å². The second kappa shape index (κ2) is 8.23. The van der Waals surface area contributed by atoms with Gasteiger partial charge in [0.2, 0.25) is 5.91 Å². The molecule has 1 saturated heterocycles. The molecule has 2 rings (SSSR count). The van der Waals surface area contributed by atoms with Gasteiger partial charge in [-0.1, -0.05) is 30.3 Å². The maximum Gasteiger partial charge on any atom is 0.249 e. The summed E-state index contributed by atoms with van der Waals surface area (Å²) >= 11 is 1.84. The Hall–Kier alpha value is -1.00. The smallest absolute Gasteiger partial charge is 0.249 e. The number of rotatable bonds is 6. The first-order valence-electron chi connectivity index (χ1n) is 6.87. The molecule has 1 aliphatic rings. The van der Waals surface area contributed by atoms with Gasteiger partial charge in [0, 0.05) is 24.7 Å². The minimum absolute atomic E-state index is 0.0556. The van der Waals surface area contributed by atoms with Crippen molar-refractivity contribution in [2.45, 2.75) is 31.1 Å². The zero-order valence-corrected chi connectivity index (χ0v) is 12.0. The van der Waals surface area contributed by atoms with Crippen LogP contribution in [-0.2, 0) is 15.3 Å². The van der Waals surface area contributed by atoms with Gasteiger partial charge >= 0.3 is 0 Å². The molecule has 1 atom stereocenters. The van der Waals surface area contributed by atoms with Gasteiger partial charge in [0.05, 0.1) is 0 Å². The van der Waals surface area contributed by atoms with Gasteiger partial charge in [-0.3, -0.25) is 4.79 Å². The molecule has 4 heteroatoms. The lowest BCUT2D eigenvalue weighted by molar-refractivity contribution is -0.135. The summed E-state index contributed by atoms with van der Waals surface area (Å²) in [6.07, 6.45) is 2.83. The molecule has 1 aliphatic heterocycles. The average Bonchev–Trinajstić information content (AvgIpc) is 2.49. The van der Waals surface area contributed by atoms with E-state index in [9.17, 15) is 4.79 Å². The molecular weight excluding hydrogens is 258 g/mol. The fraction of sp³-hybridized carbons (Fsp3) is 0.533. The van der Waals surface area contributed by atoms with Crippen LogP contribution in [0.3, 0.4) is 0 Å². The number of nitrogens with one attached hydrogen (secondary N) is 1. The van der Waals surface area contributed by atoms with Crippen molar-refractivity contribution in [3.63, 3.8) is 0 Å². The molecule has 0 unspecified atom stereocenters. The highest BCUT2D eigenvalue weighted by atomic mass is 32.2. The zero-order chi connectivity index (χ0) is 13.3. The van der Waals surface area contributed by atoms with Crippen LogP contribution in [0.4, 0.5) is 0 Å². The molecular formula is C15H21NO2S. The zero-order valence-electron chi connectivity index (χ0n) is 11.1. The van der Waals surface area contributed by atoms with E-state index in [0.29, 0.717) is 0 Å². The summed E-state index contributed by atoms with van der Waals surface area (Å²) < 4.78 is 5.45. The lowest BCUT2D eigenvalue weighted by atomic mass is 10.1. The van der Waals surface area contributed by atoms with Crippen molar-refractivity contribution in [2.75, 3.05) is 18.9 Å². The average molecular weight is 279 g/mol. The van der Waals surface area contributed by atoms with Crippen molar-refractivity contribution >= 4 is 17.7 Å². The molecule has 0 bridgehead atoms. The van der Waals surface area contributed by atoms with Crippen molar-refractivity contribution in [2.24, 2.45) is 0 Å². The quantitative estimate of drug-likeness (QED) is 0.814. The van der Waals surface area contributed by atoms with E-state index < -0.39 is 0 Å². The van der Waals surface area contributed by atoms with Gasteiger partial charge in [0.1, 0.15) is 6.10 Å². The van der Waals surface area contributed by atoms with Gasteiger partial charge in [-0.2, -0.15) is 11.8 Å². The van der Waals surface area contributed by atoms with Gasteiger partial charge in [0.15, 0.2) is 0 Å². The Bertz CT molecular complexity index is 377.